The molecule has 0 spiro atoms. The van der Waals surface area contributed by atoms with Gasteiger partial charge in [0, 0.05) is 5.56 Å². The monoisotopic (exact) mass is 390 g/mol. The molecule has 144 valence electrons. The molecule has 0 unspecified atom stereocenters. The summed E-state index contributed by atoms with van der Waals surface area (Å²) in [5.41, 5.74) is 1.27. The molecule has 0 aliphatic rings. The number of rotatable bonds is 5. The minimum Gasteiger partial charge on any atom is -0.444 e. The first-order valence-corrected chi connectivity index (χ1v) is 9.53. The van der Waals surface area contributed by atoms with Crippen LogP contribution in [0, 0.1) is 5.82 Å². The Kier molecular flexibility index (Phi) is 6.85. The lowest BCUT2D eigenvalue weighted by molar-refractivity contribution is 0.155. The molecule has 0 aromatic heterocycles. The summed E-state index contributed by atoms with van der Waals surface area (Å²) in [6.45, 7) is 7.03. The van der Waals surface area contributed by atoms with E-state index in [4.69, 9.17) is 4.74 Å². The van der Waals surface area contributed by atoms with Crippen molar-refractivity contribution in [2.75, 3.05) is 5.32 Å². The molecule has 0 saturated carbocycles. The van der Waals surface area contributed by atoms with Crippen molar-refractivity contribution in [3.05, 3.63) is 65.5 Å². The average Bonchev–Trinajstić information content (AvgIpc) is 2.61. The van der Waals surface area contributed by atoms with E-state index in [-0.39, 0.29) is 17.9 Å². The molecular formula is C20H23FN2O3S. The summed E-state index contributed by atoms with van der Waals surface area (Å²) in [5.74, 6) is -0.652. The third kappa shape index (κ3) is 5.99. The molecule has 1 N–H and O–H groups in total. The molecule has 5 nitrogen and oxygen atoms in total. The van der Waals surface area contributed by atoms with Crippen molar-refractivity contribution in [2.45, 2.75) is 39.0 Å². The van der Waals surface area contributed by atoms with E-state index >= 15 is 0 Å². The maximum absolute atomic E-state index is 14.7. The fraction of sp³-hybridized carbons (Fsp3) is 0.300. The van der Waals surface area contributed by atoms with Gasteiger partial charge in [-0.25, -0.2) is 13.4 Å². The summed E-state index contributed by atoms with van der Waals surface area (Å²) in [7, 11) is -1.51. The van der Waals surface area contributed by atoms with Crippen molar-refractivity contribution >= 4 is 28.5 Å². The maximum atomic E-state index is 14.7. The van der Waals surface area contributed by atoms with Crippen LogP contribution in [0.3, 0.4) is 0 Å². The highest BCUT2D eigenvalue weighted by Crippen LogP contribution is 2.21. The van der Waals surface area contributed by atoms with Crippen LogP contribution in [0.2, 0.25) is 0 Å². The molecule has 2 rings (SSSR count). The predicted octanol–water partition coefficient (Wildman–Crippen LogP) is 4.85. The quantitative estimate of drug-likeness (QED) is 0.743. The largest absolute Gasteiger partial charge is 0.444 e. The fourth-order valence-corrected chi connectivity index (χ4v) is 2.71. The summed E-state index contributed by atoms with van der Waals surface area (Å²) in [6.07, 6.45) is -0.761. The fourth-order valence-electron chi connectivity index (χ4n) is 2.09. The molecule has 0 radical (unpaired) electrons. The number of benzene rings is 2. The van der Waals surface area contributed by atoms with E-state index in [0.717, 1.165) is 5.56 Å². The van der Waals surface area contributed by atoms with Gasteiger partial charge < -0.3 is 4.74 Å². The molecule has 0 bridgehead atoms. The lowest BCUT2D eigenvalue weighted by Gasteiger charge is -2.15. The SMILES string of the molecule is CC(=N[S@](=O)C(C)(C)C)c1cccc(NC(=O)OCc2ccccc2)c1F. The van der Waals surface area contributed by atoms with Gasteiger partial charge in [-0.3, -0.25) is 5.32 Å². The second-order valence-electron chi connectivity index (χ2n) is 6.89. The highest BCUT2D eigenvalue weighted by atomic mass is 32.2. The van der Waals surface area contributed by atoms with Crippen LogP contribution in [0.5, 0.6) is 0 Å². The minimum atomic E-state index is -1.51. The first-order chi connectivity index (χ1) is 12.7. The van der Waals surface area contributed by atoms with Gasteiger partial charge in [-0.05, 0) is 39.3 Å². The van der Waals surface area contributed by atoms with E-state index in [2.05, 4.69) is 9.71 Å². The molecule has 0 aliphatic heterocycles. The Morgan fingerprint density at radius 2 is 1.81 bits per heavy atom. The number of hydrogen-bond donors (Lipinski definition) is 1. The third-order valence-corrected chi connectivity index (χ3v) is 5.07. The first kappa shape index (κ1) is 20.8. The van der Waals surface area contributed by atoms with Crippen LogP contribution in [-0.4, -0.2) is 20.8 Å². The van der Waals surface area contributed by atoms with Crippen LogP contribution in [0.1, 0.15) is 38.8 Å². The lowest BCUT2D eigenvalue weighted by atomic mass is 10.1. The molecule has 0 saturated heterocycles. The highest BCUT2D eigenvalue weighted by molar-refractivity contribution is 7.85. The second kappa shape index (κ2) is 8.90. The van der Waals surface area contributed by atoms with Crippen LogP contribution in [0.25, 0.3) is 0 Å². The van der Waals surface area contributed by atoms with E-state index < -0.39 is 27.6 Å². The number of nitrogens with one attached hydrogen (secondary N) is 1. The molecule has 1 amide bonds. The van der Waals surface area contributed by atoms with Crippen molar-refractivity contribution in [1.29, 1.82) is 0 Å². The van der Waals surface area contributed by atoms with Crippen LogP contribution in [-0.2, 0) is 22.3 Å². The predicted molar refractivity (Wildman–Crippen MR) is 107 cm³/mol. The van der Waals surface area contributed by atoms with Crippen LogP contribution in [0.4, 0.5) is 14.9 Å². The number of amides is 1. The van der Waals surface area contributed by atoms with Crippen molar-refractivity contribution in [3.63, 3.8) is 0 Å². The molecule has 7 heteroatoms. The Balaban J connectivity index is 2.11. The molecular weight excluding hydrogens is 367 g/mol. The molecule has 1 atom stereocenters. The normalized spacial score (nSPS) is 13.1. The van der Waals surface area contributed by atoms with Crippen molar-refractivity contribution < 1.29 is 18.1 Å². The van der Waals surface area contributed by atoms with Crippen molar-refractivity contribution in [1.82, 2.24) is 0 Å². The van der Waals surface area contributed by atoms with Gasteiger partial charge >= 0.3 is 6.09 Å². The molecule has 2 aromatic carbocycles. The van der Waals surface area contributed by atoms with E-state index in [1.54, 1.807) is 33.8 Å². The van der Waals surface area contributed by atoms with Gasteiger partial charge in [0.1, 0.15) is 17.6 Å². The molecule has 0 heterocycles. The van der Waals surface area contributed by atoms with Crippen molar-refractivity contribution in [3.8, 4) is 0 Å². The molecule has 27 heavy (non-hydrogen) atoms. The summed E-state index contributed by atoms with van der Waals surface area (Å²) in [4.78, 5) is 11.9. The standard InChI is InChI=1S/C20H23FN2O3S/c1-14(23-27(25)20(2,3)4)16-11-8-12-17(18(16)21)22-19(24)26-13-15-9-6-5-7-10-15/h5-12H,13H2,1-4H3,(H,22,24)/t27-/m1/s1. The number of carbonyl (C=O) groups is 1. The number of halogens is 1. The molecule has 0 aliphatic carbocycles. The number of hydrogen-bond acceptors (Lipinski definition) is 3. The Morgan fingerprint density at radius 1 is 1.15 bits per heavy atom. The number of nitrogens with zero attached hydrogens (tertiary/aromatic N) is 1. The zero-order valence-electron chi connectivity index (χ0n) is 15.8. The Hall–Kier alpha value is -2.54. The van der Waals surface area contributed by atoms with Gasteiger partial charge in [0.05, 0.1) is 16.1 Å². The average molecular weight is 390 g/mol. The van der Waals surface area contributed by atoms with Crippen LogP contribution >= 0.6 is 0 Å². The molecule has 2 aromatic rings. The van der Waals surface area contributed by atoms with Crippen LogP contribution in [0.15, 0.2) is 52.9 Å². The van der Waals surface area contributed by atoms with Gasteiger partial charge in [0.25, 0.3) is 0 Å². The van der Waals surface area contributed by atoms with Gasteiger partial charge in [-0.1, -0.05) is 42.5 Å². The summed E-state index contributed by atoms with van der Waals surface area (Å²) < 4.78 is 35.5. The topological polar surface area (TPSA) is 67.8 Å². The number of anilines is 1. The zero-order valence-corrected chi connectivity index (χ0v) is 16.6. The third-order valence-electron chi connectivity index (χ3n) is 3.58. The van der Waals surface area contributed by atoms with E-state index in [0.29, 0.717) is 5.71 Å². The van der Waals surface area contributed by atoms with Gasteiger partial charge in [0.15, 0.2) is 5.82 Å². The Bertz CT molecular complexity index is 861. The zero-order chi connectivity index (χ0) is 20.0. The lowest BCUT2D eigenvalue weighted by Crippen LogP contribution is -2.21. The Labute approximate surface area is 161 Å². The van der Waals surface area contributed by atoms with Crippen molar-refractivity contribution in [2.24, 2.45) is 4.40 Å². The van der Waals surface area contributed by atoms with E-state index in [9.17, 15) is 13.4 Å². The van der Waals surface area contributed by atoms with E-state index in [1.807, 2.05) is 30.3 Å². The van der Waals surface area contributed by atoms with Gasteiger partial charge in [-0.15, -0.1) is 0 Å². The maximum Gasteiger partial charge on any atom is 0.412 e. The highest BCUT2D eigenvalue weighted by Gasteiger charge is 2.20. The molecule has 0 fully saturated rings. The number of ether oxygens (including phenoxy) is 1. The summed E-state index contributed by atoms with van der Waals surface area (Å²) in [5, 5.41) is 2.39. The van der Waals surface area contributed by atoms with Gasteiger partial charge in [0.2, 0.25) is 0 Å². The van der Waals surface area contributed by atoms with Crippen LogP contribution < -0.4 is 5.32 Å². The van der Waals surface area contributed by atoms with Gasteiger partial charge in [-0.2, -0.15) is 4.40 Å². The van der Waals surface area contributed by atoms with E-state index in [1.165, 1.54) is 12.1 Å². The second-order valence-corrected chi connectivity index (χ2v) is 8.80. The number of carbonyl (C=O) groups excluding carboxylic acids is 1. The first-order valence-electron chi connectivity index (χ1n) is 8.42. The summed E-state index contributed by atoms with van der Waals surface area (Å²) >= 11 is 0. The smallest absolute Gasteiger partial charge is 0.412 e. The summed E-state index contributed by atoms with van der Waals surface area (Å²) in [6, 6.07) is 13.7. The minimum absolute atomic E-state index is 0.0262. The Morgan fingerprint density at radius 3 is 2.44 bits per heavy atom.